The Hall–Kier alpha value is -1.80. The number of nitrogens with zero attached hydrogens (tertiary/aromatic N) is 2. The van der Waals surface area contributed by atoms with Gasteiger partial charge < -0.3 is 0 Å². The molecule has 0 fully saturated rings. The van der Waals surface area contributed by atoms with Gasteiger partial charge >= 0.3 is 0 Å². The maximum absolute atomic E-state index is 9.30. The number of rotatable bonds is 2. The van der Waals surface area contributed by atoms with Crippen molar-refractivity contribution in [1.29, 1.82) is 10.5 Å². The average molecular weight is 226 g/mol. The molecule has 0 heterocycles. The third kappa shape index (κ3) is 2.32. The fourth-order valence-corrected chi connectivity index (χ4v) is 2.13. The summed E-state index contributed by atoms with van der Waals surface area (Å²) in [6.45, 7) is 9.56. The molecule has 2 nitrogen and oxygen atoms in total. The number of hydrogen-bond acceptors (Lipinski definition) is 2. The van der Waals surface area contributed by atoms with E-state index in [4.69, 9.17) is 0 Å². The molecule has 2 heteroatoms. The van der Waals surface area contributed by atoms with Crippen molar-refractivity contribution < 1.29 is 0 Å². The molecule has 0 N–H and O–H groups in total. The van der Waals surface area contributed by atoms with Gasteiger partial charge in [0.25, 0.3) is 0 Å². The Balaban J connectivity index is 3.62. The van der Waals surface area contributed by atoms with Crippen molar-refractivity contribution in [3.05, 3.63) is 34.9 Å². The van der Waals surface area contributed by atoms with Crippen molar-refractivity contribution in [2.45, 2.75) is 45.4 Å². The molecular formula is C15H18N2. The van der Waals surface area contributed by atoms with Gasteiger partial charge in [-0.2, -0.15) is 10.5 Å². The lowest BCUT2D eigenvalue weighted by molar-refractivity contribution is 0.617. The summed E-state index contributed by atoms with van der Waals surface area (Å²) in [4.78, 5) is 0. The average Bonchev–Trinajstić information content (AvgIpc) is 2.28. The normalized spacial score (nSPS) is 11.7. The van der Waals surface area contributed by atoms with Gasteiger partial charge in [0.15, 0.2) is 0 Å². The van der Waals surface area contributed by atoms with E-state index in [1.165, 1.54) is 0 Å². The molecule has 0 amide bonds. The monoisotopic (exact) mass is 226 g/mol. The smallest absolute Gasteiger partial charge is 0.0772 e. The van der Waals surface area contributed by atoms with E-state index in [-0.39, 0.29) is 0 Å². The maximum Gasteiger partial charge on any atom is 0.0772 e. The van der Waals surface area contributed by atoms with Gasteiger partial charge in [0, 0.05) is 0 Å². The number of hydrogen-bond donors (Lipinski definition) is 0. The minimum absolute atomic E-state index is 0.574. The van der Waals surface area contributed by atoms with E-state index in [9.17, 15) is 10.5 Å². The van der Waals surface area contributed by atoms with Crippen LogP contribution >= 0.6 is 0 Å². The van der Waals surface area contributed by atoms with E-state index in [1.807, 2.05) is 52.8 Å². The zero-order chi connectivity index (χ0) is 13.3. The van der Waals surface area contributed by atoms with E-state index in [1.54, 1.807) is 0 Å². The molecule has 0 saturated heterocycles. The summed E-state index contributed by atoms with van der Waals surface area (Å²) >= 11 is 0. The van der Waals surface area contributed by atoms with Crippen LogP contribution in [-0.2, 0) is 10.8 Å². The van der Waals surface area contributed by atoms with Crippen LogP contribution in [0.1, 0.15) is 44.4 Å². The second-order valence-electron chi connectivity index (χ2n) is 5.47. The first-order chi connectivity index (χ1) is 7.76. The first-order valence-corrected chi connectivity index (χ1v) is 5.69. The van der Waals surface area contributed by atoms with Crippen LogP contribution in [0.25, 0.3) is 0 Å². The van der Waals surface area contributed by atoms with Gasteiger partial charge in [0.2, 0.25) is 0 Å². The Labute approximate surface area is 104 Å². The largest absolute Gasteiger partial charge is 0.197 e. The predicted octanol–water partition coefficient (Wildman–Crippen LogP) is 3.60. The number of benzene rings is 1. The molecule has 0 bridgehead atoms. The zero-order valence-corrected chi connectivity index (χ0v) is 11.1. The second-order valence-corrected chi connectivity index (χ2v) is 5.47. The van der Waals surface area contributed by atoms with E-state index in [2.05, 4.69) is 12.1 Å². The summed E-state index contributed by atoms with van der Waals surface area (Å²) in [6, 6.07) is 10.5. The van der Waals surface area contributed by atoms with Crippen LogP contribution in [0.5, 0.6) is 0 Å². The lowest BCUT2D eigenvalue weighted by Gasteiger charge is -2.28. The lowest BCUT2D eigenvalue weighted by atomic mass is 9.73. The van der Waals surface area contributed by atoms with Crippen molar-refractivity contribution in [3.8, 4) is 12.1 Å². The standard InChI is InChI=1S/C15H18N2/c1-11-7-6-8-12(14(2,3)9-16)13(11)15(4,5)10-17/h6-8H,1-5H3. The topological polar surface area (TPSA) is 47.6 Å². The molecular weight excluding hydrogens is 208 g/mol. The molecule has 0 saturated carbocycles. The SMILES string of the molecule is Cc1cccc(C(C)(C)C#N)c1C(C)(C)C#N. The molecule has 1 rings (SSSR count). The third-order valence-electron chi connectivity index (χ3n) is 3.13. The molecule has 0 spiro atoms. The van der Waals surface area contributed by atoms with Gasteiger partial charge in [-0.15, -0.1) is 0 Å². The van der Waals surface area contributed by atoms with Crippen molar-refractivity contribution in [2.24, 2.45) is 0 Å². The van der Waals surface area contributed by atoms with Crippen molar-refractivity contribution in [3.63, 3.8) is 0 Å². The minimum atomic E-state index is -0.575. The van der Waals surface area contributed by atoms with Crippen LogP contribution in [-0.4, -0.2) is 0 Å². The summed E-state index contributed by atoms with van der Waals surface area (Å²) in [6.07, 6.45) is 0. The second kappa shape index (κ2) is 4.22. The molecule has 1 aromatic carbocycles. The minimum Gasteiger partial charge on any atom is -0.197 e. The highest BCUT2D eigenvalue weighted by molar-refractivity contribution is 5.48. The van der Waals surface area contributed by atoms with Gasteiger partial charge in [0.1, 0.15) is 0 Å². The van der Waals surface area contributed by atoms with Crippen LogP contribution in [0.2, 0.25) is 0 Å². The fraction of sp³-hybridized carbons (Fsp3) is 0.467. The van der Waals surface area contributed by atoms with Crippen LogP contribution in [0.4, 0.5) is 0 Å². The fourth-order valence-electron chi connectivity index (χ4n) is 2.13. The molecule has 0 atom stereocenters. The van der Waals surface area contributed by atoms with E-state index in [0.29, 0.717) is 0 Å². The van der Waals surface area contributed by atoms with Gasteiger partial charge in [-0.3, -0.25) is 0 Å². The quantitative estimate of drug-likeness (QED) is 0.773. The van der Waals surface area contributed by atoms with E-state index < -0.39 is 10.8 Å². The highest BCUT2D eigenvalue weighted by Crippen LogP contribution is 2.35. The highest BCUT2D eigenvalue weighted by Gasteiger charge is 2.31. The van der Waals surface area contributed by atoms with Crippen LogP contribution in [0.15, 0.2) is 18.2 Å². The zero-order valence-electron chi connectivity index (χ0n) is 11.1. The van der Waals surface area contributed by atoms with Crippen LogP contribution < -0.4 is 0 Å². The Bertz CT molecular complexity index is 511. The summed E-state index contributed by atoms with van der Waals surface area (Å²) in [5.74, 6) is 0. The van der Waals surface area contributed by atoms with Crippen molar-refractivity contribution in [2.75, 3.05) is 0 Å². The molecule has 0 aliphatic carbocycles. The molecule has 1 aromatic rings. The van der Waals surface area contributed by atoms with Gasteiger partial charge in [0.05, 0.1) is 23.0 Å². The summed E-state index contributed by atoms with van der Waals surface area (Å²) in [7, 11) is 0. The molecule has 0 aliphatic rings. The molecule has 17 heavy (non-hydrogen) atoms. The number of aryl methyl sites for hydroxylation is 1. The van der Waals surface area contributed by atoms with Crippen LogP contribution in [0.3, 0.4) is 0 Å². The maximum atomic E-state index is 9.30. The molecule has 0 aliphatic heterocycles. The van der Waals surface area contributed by atoms with Gasteiger partial charge in [-0.05, 0) is 51.3 Å². The van der Waals surface area contributed by atoms with E-state index in [0.717, 1.165) is 16.7 Å². The lowest BCUT2D eigenvalue weighted by Crippen LogP contribution is -2.25. The Morgan fingerprint density at radius 2 is 1.47 bits per heavy atom. The highest BCUT2D eigenvalue weighted by atomic mass is 14.4. The van der Waals surface area contributed by atoms with Crippen molar-refractivity contribution >= 4 is 0 Å². The Morgan fingerprint density at radius 3 is 1.94 bits per heavy atom. The van der Waals surface area contributed by atoms with E-state index >= 15 is 0 Å². The first kappa shape index (κ1) is 13.3. The molecule has 88 valence electrons. The van der Waals surface area contributed by atoms with Crippen molar-refractivity contribution in [1.82, 2.24) is 0 Å². The first-order valence-electron chi connectivity index (χ1n) is 5.69. The Morgan fingerprint density at radius 1 is 0.941 bits per heavy atom. The molecule has 0 radical (unpaired) electrons. The Kier molecular flexibility index (Phi) is 3.30. The molecule has 0 aromatic heterocycles. The molecule has 0 unspecified atom stereocenters. The van der Waals surface area contributed by atoms with Gasteiger partial charge in [-0.1, -0.05) is 18.2 Å². The number of nitriles is 2. The van der Waals surface area contributed by atoms with Gasteiger partial charge in [-0.25, -0.2) is 0 Å². The summed E-state index contributed by atoms with van der Waals surface area (Å²) < 4.78 is 0. The predicted molar refractivity (Wildman–Crippen MR) is 68.5 cm³/mol. The summed E-state index contributed by atoms with van der Waals surface area (Å²) in [5.41, 5.74) is 1.85. The summed E-state index contributed by atoms with van der Waals surface area (Å²) in [5, 5.41) is 18.6. The van der Waals surface area contributed by atoms with Crippen LogP contribution in [0, 0.1) is 29.6 Å². The third-order valence-corrected chi connectivity index (χ3v) is 3.13.